The molecule has 0 spiro atoms. The lowest BCUT2D eigenvalue weighted by Gasteiger charge is -2.40. The first-order valence-electron chi connectivity index (χ1n) is 10.5. The predicted molar refractivity (Wildman–Crippen MR) is 130 cm³/mol. The van der Waals surface area contributed by atoms with Crippen LogP contribution in [0, 0.1) is 5.82 Å². The third kappa shape index (κ3) is 4.86. The van der Waals surface area contributed by atoms with Gasteiger partial charge in [-0.25, -0.2) is 13.7 Å². The molecule has 1 aliphatic rings. The molecule has 1 heterocycles. The fourth-order valence-corrected chi connectivity index (χ4v) is 4.35. The van der Waals surface area contributed by atoms with Crippen LogP contribution in [-0.4, -0.2) is 52.5 Å². The van der Waals surface area contributed by atoms with Crippen molar-refractivity contribution < 1.29 is 33.7 Å². The number of amides is 2. The summed E-state index contributed by atoms with van der Waals surface area (Å²) in [6, 6.07) is 11.8. The highest BCUT2D eigenvalue weighted by Crippen LogP contribution is 2.41. The van der Waals surface area contributed by atoms with Gasteiger partial charge in [-0.3, -0.25) is 9.59 Å². The van der Waals surface area contributed by atoms with Crippen molar-refractivity contribution in [2.75, 3.05) is 22.9 Å². The molecule has 0 saturated carbocycles. The van der Waals surface area contributed by atoms with Gasteiger partial charge in [-0.1, -0.05) is 35.3 Å². The number of alkyl halides is 1. The van der Waals surface area contributed by atoms with E-state index in [-0.39, 0.29) is 45.0 Å². The van der Waals surface area contributed by atoms with Crippen LogP contribution >= 0.6 is 23.2 Å². The van der Waals surface area contributed by atoms with E-state index in [0.717, 1.165) is 6.07 Å². The van der Waals surface area contributed by atoms with Gasteiger partial charge in [0, 0.05) is 16.1 Å². The Balaban J connectivity index is 1.90. The Kier molecular flexibility index (Phi) is 6.91. The molecule has 0 radical (unpaired) electrons. The normalized spacial score (nSPS) is 13.9. The molecule has 4 rings (SSSR count). The quantitative estimate of drug-likeness (QED) is 0.357. The molecule has 12 heteroatoms. The van der Waals surface area contributed by atoms with E-state index in [1.165, 1.54) is 53.4 Å². The molecule has 8 nitrogen and oxygen atoms in total. The summed E-state index contributed by atoms with van der Waals surface area (Å²) in [7, 11) is 0. The first-order valence-corrected chi connectivity index (χ1v) is 11.2. The number of anilines is 2. The first kappa shape index (κ1) is 25.8. The van der Waals surface area contributed by atoms with Crippen molar-refractivity contribution in [3.8, 4) is 11.1 Å². The van der Waals surface area contributed by atoms with E-state index >= 15 is 0 Å². The summed E-state index contributed by atoms with van der Waals surface area (Å²) in [5.74, 6) is -3.13. The maximum atomic E-state index is 14.5. The van der Waals surface area contributed by atoms with E-state index in [1.54, 1.807) is 0 Å². The number of nitrogens with zero attached hydrogens (tertiary/aromatic N) is 2. The number of aliphatic hydroxyl groups is 3. The molecule has 0 bridgehead atoms. The zero-order valence-electron chi connectivity index (χ0n) is 18.3. The molecule has 0 aromatic heterocycles. The maximum Gasteiger partial charge on any atom is 0.376 e. The molecule has 36 heavy (non-hydrogen) atoms. The number of carbonyl (C=O) groups excluding carboxylic acids is 2. The summed E-state index contributed by atoms with van der Waals surface area (Å²) in [6.45, 7) is -0.216. The molecular weight excluding hydrogens is 519 g/mol. The van der Waals surface area contributed by atoms with Crippen molar-refractivity contribution in [3.63, 3.8) is 0 Å². The molecule has 1 saturated heterocycles. The highest BCUT2D eigenvalue weighted by atomic mass is 35.5. The highest BCUT2D eigenvalue weighted by molar-refractivity contribution is 6.35. The molecule has 1 aliphatic heterocycles. The Hall–Kier alpha value is -3.28. The number of carbonyl (C=O) groups is 2. The number of rotatable bonds is 6. The van der Waals surface area contributed by atoms with E-state index in [0.29, 0.717) is 11.1 Å². The highest BCUT2D eigenvalue weighted by Gasteiger charge is 2.41. The van der Waals surface area contributed by atoms with Crippen LogP contribution in [0.25, 0.3) is 11.1 Å². The second kappa shape index (κ2) is 9.64. The average molecular weight is 538 g/mol. The van der Waals surface area contributed by atoms with Gasteiger partial charge < -0.3 is 26.0 Å². The Morgan fingerprint density at radius 1 is 1.03 bits per heavy atom. The van der Waals surface area contributed by atoms with Gasteiger partial charge in [0.25, 0.3) is 5.91 Å². The second-order valence-electron chi connectivity index (χ2n) is 8.10. The van der Waals surface area contributed by atoms with Gasteiger partial charge >= 0.3 is 6.10 Å². The molecule has 188 valence electrons. The van der Waals surface area contributed by atoms with Crippen molar-refractivity contribution in [2.24, 2.45) is 5.73 Å². The minimum atomic E-state index is -3.79. The van der Waals surface area contributed by atoms with Crippen LogP contribution < -0.4 is 15.5 Å². The number of halogens is 4. The Labute approximate surface area is 213 Å². The van der Waals surface area contributed by atoms with Crippen LogP contribution in [0.1, 0.15) is 20.7 Å². The van der Waals surface area contributed by atoms with E-state index in [4.69, 9.17) is 28.9 Å². The molecule has 3 aromatic carbocycles. The van der Waals surface area contributed by atoms with Crippen LogP contribution in [0.3, 0.4) is 0 Å². The molecule has 0 aliphatic carbocycles. The number of hydrogen-bond acceptors (Lipinski definition) is 6. The Morgan fingerprint density at radius 2 is 1.72 bits per heavy atom. The van der Waals surface area contributed by atoms with Gasteiger partial charge in [0.05, 0.1) is 35.1 Å². The fourth-order valence-electron chi connectivity index (χ4n) is 3.88. The molecule has 3 aromatic rings. The average Bonchev–Trinajstić information content (AvgIpc) is 2.76. The first-order chi connectivity index (χ1) is 16.9. The minimum Gasteiger partial charge on any atom is -0.366 e. The number of primary amides is 1. The zero-order valence-corrected chi connectivity index (χ0v) is 19.8. The molecule has 0 atom stereocenters. The smallest absolute Gasteiger partial charge is 0.366 e. The summed E-state index contributed by atoms with van der Waals surface area (Å²) in [6.07, 6.45) is -4.99. The monoisotopic (exact) mass is 537 g/mol. The number of benzene rings is 3. The summed E-state index contributed by atoms with van der Waals surface area (Å²) in [4.78, 5) is 26.5. The topological polar surface area (TPSA) is 127 Å². The summed E-state index contributed by atoms with van der Waals surface area (Å²) >= 11 is 12.3. The van der Waals surface area contributed by atoms with Crippen molar-refractivity contribution in [1.82, 2.24) is 0 Å². The van der Waals surface area contributed by atoms with Crippen molar-refractivity contribution in [3.05, 3.63) is 81.6 Å². The lowest BCUT2D eigenvalue weighted by molar-refractivity contribution is -0.304. The van der Waals surface area contributed by atoms with Gasteiger partial charge in [-0.2, -0.15) is 0 Å². The van der Waals surface area contributed by atoms with Gasteiger partial charge in [0.2, 0.25) is 5.91 Å². The number of nitrogens with two attached hydrogens (primary N) is 1. The lowest BCUT2D eigenvalue weighted by atomic mass is 9.99. The van der Waals surface area contributed by atoms with Crippen molar-refractivity contribution in [2.45, 2.75) is 12.3 Å². The molecule has 5 N–H and O–H groups in total. The summed E-state index contributed by atoms with van der Waals surface area (Å²) in [5.41, 5.74) is 5.38. The molecule has 0 unspecified atom stereocenters. The number of hydrogen-bond donors (Lipinski definition) is 4. The third-order valence-corrected chi connectivity index (χ3v) is 6.28. The minimum absolute atomic E-state index is 0.0873. The largest absolute Gasteiger partial charge is 0.376 e. The van der Waals surface area contributed by atoms with Gasteiger partial charge in [-0.15, -0.1) is 0 Å². The summed E-state index contributed by atoms with van der Waals surface area (Å²) < 4.78 is 28.3. The standard InChI is InChI=1S/C24H19Cl2F2N3O5/c25-16-6-4-13(22(29)32)8-15(16)12-5-7-19(20(9-12)30-10-14(27)11-30)31(24(34,35)36)23(33)21-17(26)2-1-3-18(21)28/h1-9,14,34-36H,10-11H2,(H2,29,32). The van der Waals surface area contributed by atoms with E-state index in [9.17, 15) is 33.7 Å². The van der Waals surface area contributed by atoms with Crippen LogP contribution in [0.4, 0.5) is 20.2 Å². The van der Waals surface area contributed by atoms with Crippen LogP contribution in [-0.2, 0) is 0 Å². The van der Waals surface area contributed by atoms with E-state index in [1.807, 2.05) is 0 Å². The van der Waals surface area contributed by atoms with E-state index < -0.39 is 35.5 Å². The second-order valence-corrected chi connectivity index (χ2v) is 8.92. The predicted octanol–water partition coefficient (Wildman–Crippen LogP) is 3.29. The van der Waals surface area contributed by atoms with Crippen LogP contribution in [0.5, 0.6) is 0 Å². The molecule has 1 fully saturated rings. The molecular formula is C24H19Cl2F2N3O5. The lowest BCUT2D eigenvalue weighted by Crippen LogP contribution is -2.54. The van der Waals surface area contributed by atoms with Gasteiger partial charge in [-0.05, 0) is 48.0 Å². The SMILES string of the molecule is NC(=O)c1ccc(Cl)c(-c2ccc(N(C(=O)c3c(F)cccc3Cl)C(O)(O)O)c(N3CC(F)C3)c2)c1. The maximum absolute atomic E-state index is 14.5. The molecule has 2 amide bonds. The Bertz CT molecular complexity index is 1340. The third-order valence-electron chi connectivity index (χ3n) is 5.64. The fraction of sp³-hybridized carbons (Fsp3) is 0.167. The Morgan fingerprint density at radius 3 is 2.31 bits per heavy atom. The van der Waals surface area contributed by atoms with Crippen molar-refractivity contribution >= 4 is 46.4 Å². The van der Waals surface area contributed by atoms with Gasteiger partial charge in [0.1, 0.15) is 12.0 Å². The summed E-state index contributed by atoms with van der Waals surface area (Å²) in [5, 5.41) is 30.2. The van der Waals surface area contributed by atoms with E-state index in [2.05, 4.69) is 0 Å². The van der Waals surface area contributed by atoms with Gasteiger partial charge in [0.15, 0.2) is 0 Å². The zero-order chi connectivity index (χ0) is 26.4. The van der Waals surface area contributed by atoms with Crippen LogP contribution in [0.15, 0.2) is 54.6 Å². The van der Waals surface area contributed by atoms with Crippen LogP contribution in [0.2, 0.25) is 10.0 Å². The van der Waals surface area contributed by atoms with Crippen molar-refractivity contribution in [1.29, 1.82) is 0 Å².